The lowest BCUT2D eigenvalue weighted by molar-refractivity contribution is -0.137. The van der Waals surface area contributed by atoms with Gasteiger partial charge in [0.2, 0.25) is 0 Å². The molecule has 0 aromatic rings. The van der Waals surface area contributed by atoms with E-state index < -0.39 is 5.97 Å². The Hall–Kier alpha value is -0.465. The Morgan fingerprint density at radius 1 is 1.71 bits per heavy atom. The summed E-state index contributed by atoms with van der Waals surface area (Å²) in [5.41, 5.74) is 0. The monoisotopic (exact) mass is 99.1 g/mol. The van der Waals surface area contributed by atoms with Gasteiger partial charge in [-0.1, -0.05) is 6.92 Å². The largest absolute Gasteiger partial charge is 0.481 e. The van der Waals surface area contributed by atoms with Crippen LogP contribution in [0.2, 0.25) is 0 Å². The zero-order chi connectivity index (χ0) is 4.99. The highest BCUT2D eigenvalue weighted by atomic mass is 16.4. The van der Waals surface area contributed by atoms with Crippen LogP contribution in [0.25, 0.3) is 0 Å². The number of hydrogen-bond donors (Lipinski definition) is 1. The highest BCUT2D eigenvalue weighted by molar-refractivity contribution is 5.75. The van der Waals surface area contributed by atoms with E-state index in [0.717, 1.165) is 6.42 Å². The molecule has 3 radical (unpaired) electrons. The maximum atomic E-state index is 9.60. The van der Waals surface area contributed by atoms with Crippen LogP contribution in [-0.4, -0.2) is 19.5 Å². The smallest absolute Gasteiger partial charge is 0.303 e. The third kappa shape index (κ3) is 10.8. The molecule has 0 saturated heterocycles. The highest BCUT2D eigenvalue weighted by Crippen LogP contribution is 1.82. The van der Waals surface area contributed by atoms with Gasteiger partial charge in [-0.05, 0) is 6.42 Å². The number of carbonyl (C=O) groups is 1. The molecule has 0 saturated carbocycles. The van der Waals surface area contributed by atoms with Gasteiger partial charge in [0.05, 0.1) is 0 Å². The van der Waals surface area contributed by atoms with E-state index in [1.54, 1.807) is 0 Å². The first kappa shape index (κ1) is 9.73. The van der Waals surface area contributed by atoms with Crippen molar-refractivity contribution >= 4 is 14.4 Å². The van der Waals surface area contributed by atoms with Crippen LogP contribution < -0.4 is 0 Å². The first-order valence-corrected chi connectivity index (χ1v) is 1.99. The van der Waals surface area contributed by atoms with Crippen LogP contribution in [0.15, 0.2) is 0 Å². The maximum absolute atomic E-state index is 9.60. The molecule has 39 valence electrons. The van der Waals surface area contributed by atoms with Crippen molar-refractivity contribution in [3.63, 3.8) is 0 Å². The summed E-state index contributed by atoms with van der Waals surface area (Å²) in [4.78, 5) is 9.60. The molecule has 0 spiro atoms. The molecular weight excluding hydrogens is 90.9 g/mol. The van der Waals surface area contributed by atoms with Crippen molar-refractivity contribution in [2.45, 2.75) is 19.8 Å². The fourth-order valence-corrected chi connectivity index (χ4v) is 0.214. The number of hydrogen-bond acceptors (Lipinski definition) is 1. The van der Waals surface area contributed by atoms with Gasteiger partial charge in [-0.2, -0.15) is 0 Å². The molecular formula is C4H8BO2. The molecule has 3 heteroatoms. The van der Waals surface area contributed by atoms with Crippen LogP contribution >= 0.6 is 0 Å². The summed E-state index contributed by atoms with van der Waals surface area (Å²) in [6.45, 7) is 1.84. The molecule has 0 unspecified atom stereocenters. The van der Waals surface area contributed by atoms with Crippen molar-refractivity contribution < 1.29 is 9.90 Å². The minimum absolute atomic E-state index is 0. The average Bonchev–Trinajstić information content (AvgIpc) is 1.35. The first-order valence-electron chi connectivity index (χ1n) is 1.99. The molecule has 0 amide bonds. The van der Waals surface area contributed by atoms with E-state index in [-0.39, 0.29) is 8.41 Å². The quantitative estimate of drug-likeness (QED) is 0.511. The third-order valence-electron chi connectivity index (χ3n) is 0.464. The summed E-state index contributed by atoms with van der Waals surface area (Å²) in [6.07, 6.45) is 1.02. The summed E-state index contributed by atoms with van der Waals surface area (Å²) in [6, 6.07) is 0. The Balaban J connectivity index is 0. The van der Waals surface area contributed by atoms with E-state index in [0.29, 0.717) is 6.42 Å². The molecule has 0 atom stereocenters. The molecule has 7 heavy (non-hydrogen) atoms. The summed E-state index contributed by atoms with van der Waals surface area (Å²) in [7, 11) is 0. The van der Waals surface area contributed by atoms with Gasteiger partial charge in [0.15, 0.2) is 0 Å². The minimum atomic E-state index is -0.711. The number of aliphatic carboxylic acids is 1. The van der Waals surface area contributed by atoms with Crippen molar-refractivity contribution in [1.29, 1.82) is 0 Å². The van der Waals surface area contributed by atoms with Gasteiger partial charge in [-0.3, -0.25) is 4.79 Å². The highest BCUT2D eigenvalue weighted by Gasteiger charge is 1.87. The molecule has 0 aliphatic rings. The van der Waals surface area contributed by atoms with Crippen molar-refractivity contribution in [2.24, 2.45) is 0 Å². The van der Waals surface area contributed by atoms with Gasteiger partial charge in [-0.15, -0.1) is 0 Å². The van der Waals surface area contributed by atoms with Crippen LogP contribution in [-0.2, 0) is 4.79 Å². The van der Waals surface area contributed by atoms with Crippen LogP contribution in [0, 0.1) is 0 Å². The number of rotatable bonds is 2. The number of carboxylic acid groups (broad SMARTS) is 1. The molecule has 0 bridgehead atoms. The van der Waals surface area contributed by atoms with Crippen molar-refractivity contribution in [2.75, 3.05) is 0 Å². The zero-order valence-electron chi connectivity index (χ0n) is 4.35. The zero-order valence-corrected chi connectivity index (χ0v) is 4.35. The van der Waals surface area contributed by atoms with E-state index >= 15 is 0 Å². The SMILES string of the molecule is CCCC(=O)O.[B]. The normalized spacial score (nSPS) is 7.00. The van der Waals surface area contributed by atoms with Gasteiger partial charge >= 0.3 is 5.97 Å². The summed E-state index contributed by atoms with van der Waals surface area (Å²) < 4.78 is 0. The summed E-state index contributed by atoms with van der Waals surface area (Å²) in [5.74, 6) is -0.711. The first-order chi connectivity index (χ1) is 2.77. The Bertz CT molecular complexity index is 53.7. The molecule has 0 aromatic carbocycles. The van der Waals surface area contributed by atoms with E-state index in [1.807, 2.05) is 6.92 Å². The van der Waals surface area contributed by atoms with Crippen LogP contribution in [0.3, 0.4) is 0 Å². The van der Waals surface area contributed by atoms with Crippen LogP contribution in [0.5, 0.6) is 0 Å². The molecule has 0 aliphatic carbocycles. The van der Waals surface area contributed by atoms with Gasteiger partial charge in [0.1, 0.15) is 0 Å². The van der Waals surface area contributed by atoms with Crippen LogP contribution in [0.1, 0.15) is 19.8 Å². The lowest BCUT2D eigenvalue weighted by Crippen LogP contribution is -1.90. The maximum Gasteiger partial charge on any atom is 0.303 e. The van der Waals surface area contributed by atoms with Crippen molar-refractivity contribution in [3.05, 3.63) is 0 Å². The van der Waals surface area contributed by atoms with E-state index in [2.05, 4.69) is 0 Å². The van der Waals surface area contributed by atoms with Gasteiger partial charge in [0, 0.05) is 14.8 Å². The van der Waals surface area contributed by atoms with E-state index in [4.69, 9.17) is 5.11 Å². The van der Waals surface area contributed by atoms with E-state index in [1.165, 1.54) is 0 Å². The van der Waals surface area contributed by atoms with E-state index in [9.17, 15) is 4.79 Å². The average molecular weight is 98.9 g/mol. The van der Waals surface area contributed by atoms with Crippen molar-refractivity contribution in [1.82, 2.24) is 0 Å². The molecule has 0 rings (SSSR count). The predicted molar refractivity (Wildman–Crippen MR) is 28.3 cm³/mol. The molecule has 0 fully saturated rings. The van der Waals surface area contributed by atoms with Crippen LogP contribution in [0.4, 0.5) is 0 Å². The lowest BCUT2D eigenvalue weighted by Gasteiger charge is -1.79. The molecule has 1 N–H and O–H groups in total. The summed E-state index contributed by atoms with van der Waals surface area (Å²) >= 11 is 0. The fourth-order valence-electron chi connectivity index (χ4n) is 0.214. The minimum Gasteiger partial charge on any atom is -0.481 e. The van der Waals surface area contributed by atoms with Gasteiger partial charge in [-0.25, -0.2) is 0 Å². The number of carboxylic acids is 1. The standard InChI is InChI=1S/C4H8O2.B/c1-2-3-4(5)6;/h2-3H2,1H3,(H,5,6);. The topological polar surface area (TPSA) is 37.3 Å². The summed E-state index contributed by atoms with van der Waals surface area (Å²) in [5, 5.41) is 7.91. The molecule has 2 nitrogen and oxygen atoms in total. The molecule has 0 aliphatic heterocycles. The second-order valence-electron chi connectivity index (χ2n) is 1.14. The lowest BCUT2D eigenvalue weighted by atomic mass is 10.4. The molecule has 0 aromatic heterocycles. The fraction of sp³-hybridized carbons (Fsp3) is 0.750. The van der Waals surface area contributed by atoms with Gasteiger partial charge < -0.3 is 5.11 Å². The second-order valence-corrected chi connectivity index (χ2v) is 1.14. The Morgan fingerprint density at radius 3 is 2.14 bits per heavy atom. The predicted octanol–water partition coefficient (Wildman–Crippen LogP) is 0.490. The van der Waals surface area contributed by atoms with Gasteiger partial charge in [0.25, 0.3) is 0 Å². The Morgan fingerprint density at radius 2 is 2.14 bits per heavy atom. The molecule has 0 heterocycles. The van der Waals surface area contributed by atoms with Crippen molar-refractivity contribution in [3.8, 4) is 0 Å². The Labute approximate surface area is 45.1 Å². The third-order valence-corrected chi connectivity index (χ3v) is 0.464. The second kappa shape index (κ2) is 5.53. The Kier molecular flexibility index (Phi) is 7.70.